The summed E-state index contributed by atoms with van der Waals surface area (Å²) in [6, 6.07) is 17.5. The van der Waals surface area contributed by atoms with Gasteiger partial charge in [-0.1, -0.05) is 212 Å². The summed E-state index contributed by atoms with van der Waals surface area (Å²) in [6.45, 7) is 9.12. The van der Waals surface area contributed by atoms with E-state index in [0.717, 1.165) is 59.0 Å². The molecule has 0 aliphatic rings. The van der Waals surface area contributed by atoms with Gasteiger partial charge in [-0.2, -0.15) is 0 Å². The smallest absolute Gasteiger partial charge is 0.326 e. The zero-order chi connectivity index (χ0) is 46.0. The second kappa shape index (κ2) is 34.2. The molecule has 0 unspecified atom stereocenters. The molecule has 0 radical (unpaired) electrons. The van der Waals surface area contributed by atoms with Crippen LogP contribution in [0, 0.1) is 0 Å². The lowest BCUT2D eigenvalue weighted by Crippen LogP contribution is -2.21. The highest BCUT2D eigenvalue weighted by Crippen LogP contribution is 2.40. The van der Waals surface area contributed by atoms with E-state index in [4.69, 9.17) is 18.9 Å². The topological polar surface area (TPSA) is 103 Å². The van der Waals surface area contributed by atoms with Crippen molar-refractivity contribution in [1.29, 1.82) is 0 Å². The summed E-state index contributed by atoms with van der Waals surface area (Å²) >= 11 is 0. The Bertz CT molecular complexity index is 1890. The molecule has 3 aromatic carbocycles. The Morgan fingerprint density at radius 2 is 0.800 bits per heavy atom. The molecule has 0 aliphatic carbocycles. The van der Waals surface area contributed by atoms with E-state index in [-0.39, 0.29) is 0 Å². The first-order chi connectivity index (χ1) is 32.0. The summed E-state index contributed by atoms with van der Waals surface area (Å²) in [4.78, 5) is 29.2. The van der Waals surface area contributed by atoms with Gasteiger partial charge >= 0.3 is 5.69 Å². The van der Waals surface area contributed by atoms with Gasteiger partial charge in [0.25, 0.3) is 5.56 Å². The van der Waals surface area contributed by atoms with E-state index in [1.807, 2.05) is 30.3 Å². The van der Waals surface area contributed by atoms with E-state index >= 15 is 0 Å². The third-order valence-electron chi connectivity index (χ3n) is 12.7. The molecule has 0 saturated carbocycles. The lowest BCUT2D eigenvalue weighted by atomic mass is 10.0. The van der Waals surface area contributed by atoms with Crippen molar-refractivity contribution < 1.29 is 18.9 Å². The largest absolute Gasteiger partial charge is 0.490 e. The zero-order valence-corrected chi connectivity index (χ0v) is 41.2. The fourth-order valence-corrected chi connectivity index (χ4v) is 8.63. The molecule has 8 nitrogen and oxygen atoms in total. The van der Waals surface area contributed by atoms with Crippen LogP contribution in [0.5, 0.6) is 23.0 Å². The standard InChI is InChI=1S/C57H88N2O6/c1-4-7-10-13-16-19-22-25-28-31-40-62-53-43-47(46-65-50-37-34-48(35-38-50)49-36-39-52-51(45-49)56(60)59-57(61)58-52)44-54(63-41-32-29-26-23-20-17-14-11-8-5-2)55(53)64-42-33-30-27-24-21-18-15-12-9-6-3/h34-39,43-45H,4-33,40-42,46H2,1-3H3,(H2,58,59,60,61). The molecule has 2 N–H and O–H groups in total. The van der Waals surface area contributed by atoms with Gasteiger partial charge in [0.05, 0.1) is 30.7 Å². The lowest BCUT2D eigenvalue weighted by molar-refractivity contribution is 0.232. The van der Waals surface area contributed by atoms with Gasteiger partial charge in [-0.25, -0.2) is 4.79 Å². The summed E-state index contributed by atoms with van der Waals surface area (Å²) in [5.41, 5.74) is 2.39. The highest BCUT2D eigenvalue weighted by molar-refractivity contribution is 5.83. The third kappa shape index (κ3) is 22.2. The molecule has 8 heteroatoms. The van der Waals surface area contributed by atoms with Crippen LogP contribution >= 0.6 is 0 Å². The van der Waals surface area contributed by atoms with Crippen LogP contribution in [0.1, 0.15) is 219 Å². The van der Waals surface area contributed by atoms with Crippen molar-refractivity contribution in [3.05, 3.63) is 81.0 Å². The highest BCUT2D eigenvalue weighted by Gasteiger charge is 2.17. The molecule has 1 aromatic heterocycles. The maximum Gasteiger partial charge on any atom is 0.326 e. The number of rotatable bonds is 40. The second-order valence-electron chi connectivity index (χ2n) is 18.5. The fraction of sp³-hybridized carbons (Fsp3) is 0.649. The molecular weight excluding hydrogens is 809 g/mol. The van der Waals surface area contributed by atoms with Crippen LogP contribution in [0.25, 0.3) is 22.0 Å². The van der Waals surface area contributed by atoms with Crippen molar-refractivity contribution in [2.24, 2.45) is 0 Å². The first-order valence-corrected chi connectivity index (χ1v) is 26.6. The predicted octanol–water partition coefficient (Wildman–Crippen LogP) is 16.4. The lowest BCUT2D eigenvalue weighted by Gasteiger charge is -2.19. The monoisotopic (exact) mass is 897 g/mol. The molecule has 0 amide bonds. The minimum absolute atomic E-state index is 0.347. The first kappa shape index (κ1) is 53.4. The Balaban J connectivity index is 1.41. The van der Waals surface area contributed by atoms with Crippen LogP contribution in [0.15, 0.2) is 64.2 Å². The number of nitrogens with one attached hydrogen (secondary N) is 2. The molecule has 4 rings (SSSR count). The van der Waals surface area contributed by atoms with Crippen LogP contribution < -0.4 is 30.2 Å². The van der Waals surface area contributed by atoms with Gasteiger partial charge in [0.2, 0.25) is 5.75 Å². The quantitative estimate of drug-likeness (QED) is 0.0431. The molecule has 4 aromatic rings. The summed E-state index contributed by atoms with van der Waals surface area (Å²) in [6.07, 6.45) is 38.5. The van der Waals surface area contributed by atoms with Crippen molar-refractivity contribution in [3.63, 3.8) is 0 Å². The van der Waals surface area contributed by atoms with Crippen molar-refractivity contribution in [2.75, 3.05) is 19.8 Å². The minimum atomic E-state index is -0.510. The first-order valence-electron chi connectivity index (χ1n) is 26.6. The number of ether oxygens (including phenoxy) is 4. The third-order valence-corrected chi connectivity index (χ3v) is 12.7. The van der Waals surface area contributed by atoms with E-state index in [1.165, 1.54) is 173 Å². The minimum Gasteiger partial charge on any atom is -0.490 e. The molecule has 1 heterocycles. The maximum absolute atomic E-state index is 12.5. The van der Waals surface area contributed by atoms with Gasteiger partial charge in [-0.05, 0) is 72.4 Å². The van der Waals surface area contributed by atoms with Crippen LogP contribution in [0.2, 0.25) is 0 Å². The normalized spacial score (nSPS) is 11.4. The van der Waals surface area contributed by atoms with E-state index < -0.39 is 11.2 Å². The molecule has 65 heavy (non-hydrogen) atoms. The summed E-state index contributed by atoms with van der Waals surface area (Å²) in [5, 5.41) is 0.440. The van der Waals surface area contributed by atoms with Crippen LogP contribution in [-0.4, -0.2) is 29.8 Å². The molecule has 0 spiro atoms. The van der Waals surface area contributed by atoms with Crippen molar-refractivity contribution >= 4 is 10.9 Å². The fourth-order valence-electron chi connectivity index (χ4n) is 8.63. The number of hydrogen-bond donors (Lipinski definition) is 2. The van der Waals surface area contributed by atoms with Crippen LogP contribution in [0.4, 0.5) is 0 Å². The van der Waals surface area contributed by atoms with Crippen LogP contribution in [0.3, 0.4) is 0 Å². The summed E-state index contributed by atoms with van der Waals surface area (Å²) in [5.74, 6) is 2.95. The number of fused-ring (bicyclic) bond motifs is 1. The zero-order valence-electron chi connectivity index (χ0n) is 41.2. The molecule has 362 valence electrons. The average Bonchev–Trinajstić information content (AvgIpc) is 3.31. The molecule has 0 saturated heterocycles. The van der Waals surface area contributed by atoms with E-state index in [0.29, 0.717) is 37.3 Å². The number of aromatic amines is 2. The summed E-state index contributed by atoms with van der Waals surface area (Å²) in [7, 11) is 0. The van der Waals surface area contributed by atoms with Gasteiger partial charge in [0.1, 0.15) is 12.4 Å². The summed E-state index contributed by atoms with van der Waals surface area (Å²) < 4.78 is 26.2. The Morgan fingerprint density at radius 1 is 0.400 bits per heavy atom. The van der Waals surface area contributed by atoms with Gasteiger partial charge < -0.3 is 23.9 Å². The maximum atomic E-state index is 12.5. The van der Waals surface area contributed by atoms with E-state index in [2.05, 4.69) is 42.9 Å². The van der Waals surface area contributed by atoms with Crippen LogP contribution in [-0.2, 0) is 6.61 Å². The SMILES string of the molecule is CCCCCCCCCCCCOc1cc(COc2ccc(-c3ccc4[nH]c(=O)[nH]c(=O)c4c3)cc2)cc(OCCCCCCCCCCCC)c1OCCCCCCCCCCCC. The van der Waals surface area contributed by atoms with Gasteiger partial charge in [0, 0.05) is 0 Å². The number of aromatic nitrogens is 2. The average molecular weight is 897 g/mol. The Morgan fingerprint density at radius 3 is 1.25 bits per heavy atom. The number of unbranched alkanes of at least 4 members (excludes halogenated alkanes) is 27. The van der Waals surface area contributed by atoms with Gasteiger partial charge in [-0.15, -0.1) is 0 Å². The van der Waals surface area contributed by atoms with E-state index in [1.54, 1.807) is 12.1 Å². The molecular formula is C57H88N2O6. The van der Waals surface area contributed by atoms with Gasteiger partial charge in [0.15, 0.2) is 11.5 Å². The number of hydrogen-bond acceptors (Lipinski definition) is 6. The Kier molecular flexibility index (Phi) is 28.1. The Labute approximate surface area is 393 Å². The second-order valence-corrected chi connectivity index (χ2v) is 18.5. The van der Waals surface area contributed by atoms with Crippen molar-refractivity contribution in [3.8, 4) is 34.1 Å². The molecule has 0 bridgehead atoms. The number of H-pyrrole nitrogens is 2. The van der Waals surface area contributed by atoms with Crippen molar-refractivity contribution in [2.45, 2.75) is 220 Å². The Hall–Kier alpha value is -4.20. The highest BCUT2D eigenvalue weighted by atomic mass is 16.5. The van der Waals surface area contributed by atoms with Gasteiger partial charge in [-0.3, -0.25) is 9.78 Å². The predicted molar refractivity (Wildman–Crippen MR) is 273 cm³/mol. The van der Waals surface area contributed by atoms with Crippen molar-refractivity contribution in [1.82, 2.24) is 9.97 Å². The van der Waals surface area contributed by atoms with E-state index in [9.17, 15) is 9.59 Å². The number of benzene rings is 3. The molecule has 0 atom stereocenters. The molecule has 0 fully saturated rings. The molecule has 0 aliphatic heterocycles.